The van der Waals surface area contributed by atoms with Crippen molar-refractivity contribution >= 4 is 0 Å². The van der Waals surface area contributed by atoms with Crippen molar-refractivity contribution in [3.63, 3.8) is 0 Å². The lowest BCUT2D eigenvalue weighted by atomic mass is 10.2. The highest BCUT2D eigenvalue weighted by Gasteiger charge is 2.07. The van der Waals surface area contributed by atoms with Crippen LogP contribution in [0, 0.1) is 0 Å². The fourth-order valence-corrected chi connectivity index (χ4v) is 2.10. The summed E-state index contributed by atoms with van der Waals surface area (Å²) in [7, 11) is 0. The number of aromatic nitrogens is 3. The molecule has 0 saturated heterocycles. The van der Waals surface area contributed by atoms with Gasteiger partial charge in [0.1, 0.15) is 0 Å². The van der Waals surface area contributed by atoms with Crippen molar-refractivity contribution in [3.05, 3.63) is 41.5 Å². The Labute approximate surface area is 108 Å². The predicted octanol–water partition coefficient (Wildman–Crippen LogP) is 2.33. The number of nitrogens with two attached hydrogens (primary N) is 1. The average Bonchev–Trinajstić information content (AvgIpc) is 2.96. The Bertz CT molecular complexity index is 508. The highest BCUT2D eigenvalue weighted by atomic mass is 15.3. The Morgan fingerprint density at radius 3 is 2.72 bits per heavy atom. The van der Waals surface area contributed by atoms with Crippen LogP contribution in [-0.4, -0.2) is 14.3 Å². The summed E-state index contributed by atoms with van der Waals surface area (Å²) in [5.41, 5.74) is 9.46. The van der Waals surface area contributed by atoms with Crippen LogP contribution in [-0.2, 0) is 19.5 Å². The Balaban J connectivity index is 2.19. The molecule has 0 radical (unpaired) electrons. The summed E-state index contributed by atoms with van der Waals surface area (Å²) in [5, 5.41) is 4.56. The molecule has 1 unspecified atom stereocenters. The van der Waals surface area contributed by atoms with E-state index in [9.17, 15) is 0 Å². The van der Waals surface area contributed by atoms with Crippen LogP contribution in [0.5, 0.6) is 0 Å². The summed E-state index contributed by atoms with van der Waals surface area (Å²) < 4.78 is 4.24. The SMILES string of the molecule is CCc1cc(Cn2ccc(C(C)N)c2)n(CC)n1. The van der Waals surface area contributed by atoms with Crippen LogP contribution in [0.4, 0.5) is 0 Å². The van der Waals surface area contributed by atoms with Crippen molar-refractivity contribution in [1.82, 2.24) is 14.3 Å². The molecule has 2 aromatic heterocycles. The summed E-state index contributed by atoms with van der Waals surface area (Å²) in [6.07, 6.45) is 5.18. The molecule has 0 aliphatic heterocycles. The maximum absolute atomic E-state index is 5.87. The monoisotopic (exact) mass is 246 g/mol. The van der Waals surface area contributed by atoms with E-state index >= 15 is 0 Å². The second kappa shape index (κ2) is 5.40. The van der Waals surface area contributed by atoms with Gasteiger partial charge in [-0.3, -0.25) is 4.68 Å². The van der Waals surface area contributed by atoms with E-state index < -0.39 is 0 Å². The first-order valence-corrected chi connectivity index (χ1v) is 6.60. The summed E-state index contributed by atoms with van der Waals surface area (Å²) in [6.45, 7) is 8.03. The van der Waals surface area contributed by atoms with Gasteiger partial charge in [-0.15, -0.1) is 0 Å². The van der Waals surface area contributed by atoms with Gasteiger partial charge in [0.15, 0.2) is 0 Å². The molecule has 4 nitrogen and oxygen atoms in total. The van der Waals surface area contributed by atoms with Gasteiger partial charge >= 0.3 is 0 Å². The van der Waals surface area contributed by atoms with Crippen LogP contribution < -0.4 is 5.73 Å². The van der Waals surface area contributed by atoms with Gasteiger partial charge in [-0.2, -0.15) is 5.10 Å². The van der Waals surface area contributed by atoms with Crippen molar-refractivity contribution < 1.29 is 0 Å². The zero-order chi connectivity index (χ0) is 13.1. The van der Waals surface area contributed by atoms with E-state index in [1.807, 2.05) is 6.92 Å². The molecular weight excluding hydrogens is 224 g/mol. The maximum Gasteiger partial charge on any atom is 0.0639 e. The van der Waals surface area contributed by atoms with Crippen molar-refractivity contribution in [2.75, 3.05) is 0 Å². The number of aryl methyl sites for hydroxylation is 2. The molecule has 2 heterocycles. The molecule has 2 aromatic rings. The van der Waals surface area contributed by atoms with E-state index in [1.165, 1.54) is 11.3 Å². The van der Waals surface area contributed by atoms with Crippen molar-refractivity contribution in [1.29, 1.82) is 0 Å². The zero-order valence-corrected chi connectivity index (χ0v) is 11.4. The van der Waals surface area contributed by atoms with Crippen molar-refractivity contribution in [2.45, 2.75) is 46.3 Å². The van der Waals surface area contributed by atoms with E-state index in [0.717, 1.165) is 25.2 Å². The number of nitrogens with zero attached hydrogens (tertiary/aromatic N) is 3. The van der Waals surface area contributed by atoms with E-state index in [1.54, 1.807) is 0 Å². The lowest BCUT2D eigenvalue weighted by molar-refractivity contribution is 0.595. The standard InChI is InChI=1S/C14H22N4/c1-4-13-8-14(18(5-2)16-13)10-17-7-6-12(9-17)11(3)15/h6-9,11H,4-5,10,15H2,1-3H3. The molecule has 1 atom stereocenters. The zero-order valence-electron chi connectivity index (χ0n) is 11.4. The van der Waals surface area contributed by atoms with Gasteiger partial charge in [-0.05, 0) is 38.0 Å². The molecule has 0 amide bonds. The van der Waals surface area contributed by atoms with E-state index in [0.29, 0.717) is 0 Å². The molecule has 0 spiro atoms. The summed E-state index contributed by atoms with van der Waals surface area (Å²) in [5.74, 6) is 0. The fraction of sp³-hybridized carbons (Fsp3) is 0.500. The summed E-state index contributed by atoms with van der Waals surface area (Å²) in [4.78, 5) is 0. The van der Waals surface area contributed by atoms with Gasteiger partial charge < -0.3 is 10.3 Å². The molecule has 0 aromatic carbocycles. The maximum atomic E-state index is 5.87. The minimum Gasteiger partial charge on any atom is -0.348 e. The van der Waals surface area contributed by atoms with Gasteiger partial charge in [0.2, 0.25) is 0 Å². The molecule has 0 aliphatic rings. The lowest BCUT2D eigenvalue weighted by Gasteiger charge is -2.06. The van der Waals surface area contributed by atoms with Crippen LogP contribution in [0.2, 0.25) is 0 Å². The molecule has 2 rings (SSSR count). The highest BCUT2D eigenvalue weighted by Crippen LogP contribution is 2.13. The Morgan fingerprint density at radius 2 is 2.17 bits per heavy atom. The Morgan fingerprint density at radius 1 is 1.39 bits per heavy atom. The van der Waals surface area contributed by atoms with Gasteiger partial charge in [0.25, 0.3) is 0 Å². The van der Waals surface area contributed by atoms with Crippen molar-refractivity contribution in [2.24, 2.45) is 5.73 Å². The van der Waals surface area contributed by atoms with Crippen LogP contribution in [0.3, 0.4) is 0 Å². The largest absolute Gasteiger partial charge is 0.348 e. The Hall–Kier alpha value is -1.55. The van der Waals surface area contributed by atoms with Gasteiger partial charge in [0, 0.05) is 25.0 Å². The fourth-order valence-electron chi connectivity index (χ4n) is 2.10. The van der Waals surface area contributed by atoms with E-state index in [-0.39, 0.29) is 6.04 Å². The summed E-state index contributed by atoms with van der Waals surface area (Å²) in [6, 6.07) is 4.36. The van der Waals surface area contributed by atoms with Crippen LogP contribution >= 0.6 is 0 Å². The van der Waals surface area contributed by atoms with Gasteiger partial charge in [-0.1, -0.05) is 6.92 Å². The normalized spacial score (nSPS) is 12.9. The van der Waals surface area contributed by atoms with Crippen molar-refractivity contribution in [3.8, 4) is 0 Å². The molecule has 98 valence electrons. The molecule has 0 aliphatic carbocycles. The lowest BCUT2D eigenvalue weighted by Crippen LogP contribution is -2.07. The minimum absolute atomic E-state index is 0.0912. The first kappa shape index (κ1) is 12.9. The first-order chi connectivity index (χ1) is 8.63. The molecule has 0 fully saturated rings. The topological polar surface area (TPSA) is 48.8 Å². The molecule has 0 saturated carbocycles. The molecule has 2 N–H and O–H groups in total. The average molecular weight is 246 g/mol. The minimum atomic E-state index is 0.0912. The molecule has 4 heteroatoms. The third-order valence-electron chi connectivity index (χ3n) is 3.22. The summed E-state index contributed by atoms with van der Waals surface area (Å²) >= 11 is 0. The highest BCUT2D eigenvalue weighted by molar-refractivity contribution is 5.17. The molecule has 0 bridgehead atoms. The number of hydrogen-bond donors (Lipinski definition) is 1. The number of hydrogen-bond acceptors (Lipinski definition) is 2. The third-order valence-corrected chi connectivity index (χ3v) is 3.22. The van der Waals surface area contributed by atoms with E-state index in [2.05, 4.69) is 52.7 Å². The van der Waals surface area contributed by atoms with Gasteiger partial charge in [-0.25, -0.2) is 0 Å². The Kier molecular flexibility index (Phi) is 3.87. The quantitative estimate of drug-likeness (QED) is 0.880. The van der Waals surface area contributed by atoms with Gasteiger partial charge in [0.05, 0.1) is 17.9 Å². The molecular formula is C14H22N4. The van der Waals surface area contributed by atoms with Crippen LogP contribution in [0.15, 0.2) is 24.5 Å². The molecule has 18 heavy (non-hydrogen) atoms. The third kappa shape index (κ3) is 2.64. The smallest absolute Gasteiger partial charge is 0.0639 e. The number of rotatable bonds is 5. The predicted molar refractivity (Wildman–Crippen MR) is 73.4 cm³/mol. The first-order valence-electron chi connectivity index (χ1n) is 6.60. The second-order valence-corrected chi connectivity index (χ2v) is 4.70. The van der Waals surface area contributed by atoms with E-state index in [4.69, 9.17) is 5.73 Å². The van der Waals surface area contributed by atoms with Crippen LogP contribution in [0.1, 0.15) is 43.8 Å². The second-order valence-electron chi connectivity index (χ2n) is 4.70. The van der Waals surface area contributed by atoms with Crippen LogP contribution in [0.25, 0.3) is 0 Å².